The first kappa shape index (κ1) is 14.9. The summed E-state index contributed by atoms with van der Waals surface area (Å²) < 4.78 is 10.3. The van der Waals surface area contributed by atoms with Crippen LogP contribution in [0.15, 0.2) is 48.5 Å². The largest absolute Gasteiger partial charge is 0.495 e. The maximum atomic E-state index is 12.1. The number of hydrogen-bond donors (Lipinski definition) is 1. The van der Waals surface area contributed by atoms with Crippen LogP contribution in [0.25, 0.3) is 0 Å². The fourth-order valence-electron chi connectivity index (χ4n) is 2.18. The van der Waals surface area contributed by atoms with E-state index >= 15 is 0 Å². The molecule has 0 aliphatic rings. The lowest BCUT2D eigenvalue weighted by molar-refractivity contribution is -0.141. The Morgan fingerprint density at radius 1 is 1.05 bits per heavy atom. The second-order valence-electron chi connectivity index (χ2n) is 4.66. The maximum Gasteiger partial charge on any atom is 0.332 e. The number of ether oxygens (including phenoxy) is 2. The van der Waals surface area contributed by atoms with E-state index in [9.17, 15) is 4.79 Å². The Labute approximate surface area is 124 Å². The number of rotatable bonds is 5. The van der Waals surface area contributed by atoms with E-state index in [2.05, 4.69) is 5.32 Å². The van der Waals surface area contributed by atoms with Gasteiger partial charge in [-0.1, -0.05) is 42.5 Å². The van der Waals surface area contributed by atoms with Crippen LogP contribution in [-0.2, 0) is 9.53 Å². The number of carbonyl (C=O) groups excluding carboxylic acids is 1. The van der Waals surface area contributed by atoms with E-state index in [1.54, 1.807) is 7.11 Å². The van der Waals surface area contributed by atoms with Gasteiger partial charge in [0.25, 0.3) is 0 Å². The standard InChI is InChI=1S/C17H19NO3/c1-12-8-7-11-14(20-2)15(12)18-16(17(19)21-3)13-9-5-4-6-10-13/h4-11,16,18H,1-3H3/t16-/m1/s1. The van der Waals surface area contributed by atoms with Crippen LogP contribution in [-0.4, -0.2) is 20.2 Å². The van der Waals surface area contributed by atoms with Crippen LogP contribution in [0.4, 0.5) is 5.69 Å². The SMILES string of the molecule is COC(=O)[C@H](Nc1c(C)cccc1OC)c1ccccc1. The number of carbonyl (C=O) groups is 1. The molecule has 0 unspecified atom stereocenters. The molecule has 0 radical (unpaired) electrons. The molecule has 2 aromatic carbocycles. The molecule has 0 amide bonds. The molecular formula is C17H19NO3. The molecule has 0 aromatic heterocycles. The number of aryl methyl sites for hydroxylation is 1. The summed E-state index contributed by atoms with van der Waals surface area (Å²) in [4.78, 5) is 12.1. The highest BCUT2D eigenvalue weighted by atomic mass is 16.5. The number of hydrogen-bond acceptors (Lipinski definition) is 4. The smallest absolute Gasteiger partial charge is 0.332 e. The molecule has 0 aliphatic carbocycles. The molecule has 2 aromatic rings. The average Bonchev–Trinajstić information content (AvgIpc) is 2.53. The number of benzene rings is 2. The molecule has 0 fully saturated rings. The Bertz CT molecular complexity index is 611. The summed E-state index contributed by atoms with van der Waals surface area (Å²) in [5.41, 5.74) is 2.63. The van der Waals surface area contributed by atoms with Crippen molar-refractivity contribution in [3.63, 3.8) is 0 Å². The summed E-state index contributed by atoms with van der Waals surface area (Å²) in [6.07, 6.45) is 0. The predicted octanol–water partition coefficient (Wildman–Crippen LogP) is 3.33. The third kappa shape index (κ3) is 3.34. The van der Waals surface area contributed by atoms with Gasteiger partial charge in [-0.05, 0) is 24.1 Å². The van der Waals surface area contributed by atoms with E-state index in [4.69, 9.17) is 9.47 Å². The van der Waals surface area contributed by atoms with Gasteiger partial charge in [0.15, 0.2) is 6.04 Å². The molecule has 0 spiro atoms. The van der Waals surface area contributed by atoms with Gasteiger partial charge in [-0.15, -0.1) is 0 Å². The number of anilines is 1. The van der Waals surface area contributed by atoms with Crippen LogP contribution in [0.5, 0.6) is 5.75 Å². The van der Waals surface area contributed by atoms with Crippen LogP contribution in [0.1, 0.15) is 17.2 Å². The molecule has 0 aliphatic heterocycles. The van der Waals surface area contributed by atoms with Crippen molar-refractivity contribution in [2.75, 3.05) is 19.5 Å². The van der Waals surface area contributed by atoms with E-state index in [1.807, 2.05) is 55.5 Å². The van der Waals surface area contributed by atoms with Crippen LogP contribution >= 0.6 is 0 Å². The van der Waals surface area contributed by atoms with Crippen LogP contribution < -0.4 is 10.1 Å². The van der Waals surface area contributed by atoms with Crippen molar-refractivity contribution in [2.24, 2.45) is 0 Å². The van der Waals surface area contributed by atoms with Gasteiger partial charge in [0.1, 0.15) is 5.75 Å². The molecule has 0 bridgehead atoms. The summed E-state index contributed by atoms with van der Waals surface area (Å²) in [5.74, 6) is 0.353. The lowest BCUT2D eigenvalue weighted by Gasteiger charge is -2.21. The van der Waals surface area contributed by atoms with Crippen molar-refractivity contribution in [1.29, 1.82) is 0 Å². The quantitative estimate of drug-likeness (QED) is 0.856. The molecule has 21 heavy (non-hydrogen) atoms. The third-order valence-electron chi connectivity index (χ3n) is 3.31. The first-order valence-electron chi connectivity index (χ1n) is 6.70. The van der Waals surface area contributed by atoms with Gasteiger partial charge in [0.05, 0.1) is 19.9 Å². The molecule has 1 N–H and O–H groups in total. The van der Waals surface area contributed by atoms with Crippen molar-refractivity contribution in [3.05, 3.63) is 59.7 Å². The molecule has 4 nitrogen and oxygen atoms in total. The van der Waals surface area contributed by atoms with E-state index in [-0.39, 0.29) is 5.97 Å². The van der Waals surface area contributed by atoms with E-state index in [0.717, 1.165) is 16.8 Å². The Balaban J connectivity index is 2.39. The minimum Gasteiger partial charge on any atom is -0.495 e. The Morgan fingerprint density at radius 3 is 2.38 bits per heavy atom. The van der Waals surface area contributed by atoms with Crippen molar-refractivity contribution in [2.45, 2.75) is 13.0 Å². The predicted molar refractivity (Wildman–Crippen MR) is 82.6 cm³/mol. The monoisotopic (exact) mass is 285 g/mol. The minimum absolute atomic E-state index is 0.341. The molecule has 4 heteroatoms. The van der Waals surface area contributed by atoms with Crippen molar-refractivity contribution >= 4 is 11.7 Å². The Morgan fingerprint density at radius 2 is 1.76 bits per heavy atom. The van der Waals surface area contributed by atoms with Gasteiger partial charge in [-0.2, -0.15) is 0 Å². The highest BCUT2D eigenvalue weighted by Gasteiger charge is 2.23. The first-order chi connectivity index (χ1) is 10.2. The highest BCUT2D eigenvalue weighted by Crippen LogP contribution is 2.31. The lowest BCUT2D eigenvalue weighted by atomic mass is 10.1. The molecule has 0 saturated heterocycles. The molecule has 0 heterocycles. The van der Waals surface area contributed by atoms with E-state index in [0.29, 0.717) is 5.75 Å². The molecular weight excluding hydrogens is 266 g/mol. The topological polar surface area (TPSA) is 47.6 Å². The van der Waals surface area contributed by atoms with Gasteiger partial charge in [0.2, 0.25) is 0 Å². The van der Waals surface area contributed by atoms with E-state index < -0.39 is 6.04 Å². The van der Waals surface area contributed by atoms with Gasteiger partial charge < -0.3 is 14.8 Å². The zero-order chi connectivity index (χ0) is 15.2. The van der Waals surface area contributed by atoms with Crippen molar-refractivity contribution < 1.29 is 14.3 Å². The number of esters is 1. The van der Waals surface area contributed by atoms with Crippen LogP contribution in [0.2, 0.25) is 0 Å². The Hall–Kier alpha value is -2.49. The van der Waals surface area contributed by atoms with Gasteiger partial charge in [0, 0.05) is 0 Å². The molecule has 0 saturated carbocycles. The Kier molecular flexibility index (Phi) is 4.82. The van der Waals surface area contributed by atoms with Gasteiger partial charge in [-0.25, -0.2) is 4.79 Å². The zero-order valence-corrected chi connectivity index (χ0v) is 12.4. The summed E-state index contributed by atoms with van der Waals surface area (Å²) in [6, 6.07) is 14.6. The van der Waals surface area contributed by atoms with Crippen LogP contribution in [0, 0.1) is 6.92 Å². The minimum atomic E-state index is -0.578. The number of para-hydroxylation sites is 1. The fraction of sp³-hybridized carbons (Fsp3) is 0.235. The lowest BCUT2D eigenvalue weighted by Crippen LogP contribution is -2.23. The van der Waals surface area contributed by atoms with Crippen LogP contribution in [0.3, 0.4) is 0 Å². The summed E-state index contributed by atoms with van der Waals surface area (Å²) >= 11 is 0. The summed E-state index contributed by atoms with van der Waals surface area (Å²) in [7, 11) is 2.99. The molecule has 1 atom stereocenters. The van der Waals surface area contributed by atoms with Crippen molar-refractivity contribution in [1.82, 2.24) is 0 Å². The van der Waals surface area contributed by atoms with Gasteiger partial charge >= 0.3 is 5.97 Å². The highest BCUT2D eigenvalue weighted by molar-refractivity contribution is 5.82. The normalized spacial score (nSPS) is 11.6. The number of nitrogens with one attached hydrogen (secondary N) is 1. The summed E-state index contributed by atoms with van der Waals surface area (Å²) in [6.45, 7) is 1.96. The fourth-order valence-corrected chi connectivity index (χ4v) is 2.18. The number of methoxy groups -OCH3 is 2. The van der Waals surface area contributed by atoms with E-state index in [1.165, 1.54) is 7.11 Å². The van der Waals surface area contributed by atoms with Crippen molar-refractivity contribution in [3.8, 4) is 5.75 Å². The van der Waals surface area contributed by atoms with Gasteiger partial charge in [-0.3, -0.25) is 0 Å². The third-order valence-corrected chi connectivity index (χ3v) is 3.31. The molecule has 2 rings (SSSR count). The second-order valence-corrected chi connectivity index (χ2v) is 4.66. The zero-order valence-electron chi connectivity index (χ0n) is 12.4. The first-order valence-corrected chi connectivity index (χ1v) is 6.70. The second kappa shape index (κ2) is 6.79. The maximum absolute atomic E-state index is 12.1. The average molecular weight is 285 g/mol. The molecule has 110 valence electrons. The summed E-state index contributed by atoms with van der Waals surface area (Å²) in [5, 5.41) is 3.23.